The van der Waals surface area contributed by atoms with Crippen molar-refractivity contribution in [2.45, 2.75) is 13.0 Å². The normalized spacial score (nSPS) is 12.3. The van der Waals surface area contributed by atoms with Crippen LogP contribution in [0.3, 0.4) is 0 Å². The summed E-state index contributed by atoms with van der Waals surface area (Å²) in [5, 5.41) is 4.01. The zero-order valence-corrected chi connectivity index (χ0v) is 15.0. The zero-order valence-electron chi connectivity index (χ0n) is 14.3. The summed E-state index contributed by atoms with van der Waals surface area (Å²) >= 11 is 5.93. The molecule has 0 aliphatic heterocycles. The number of nitrogens with one attached hydrogen (secondary N) is 2. The van der Waals surface area contributed by atoms with Crippen molar-refractivity contribution in [3.05, 3.63) is 82.0 Å². The molecule has 0 fully saturated rings. The number of halogens is 2. The maximum absolute atomic E-state index is 14.0. The highest BCUT2D eigenvalue weighted by Crippen LogP contribution is 2.24. The lowest BCUT2D eigenvalue weighted by Crippen LogP contribution is -2.20. The van der Waals surface area contributed by atoms with E-state index < -0.39 is 5.82 Å². The monoisotopic (exact) mass is 383 g/mol. The first-order valence-corrected chi connectivity index (χ1v) is 8.62. The van der Waals surface area contributed by atoms with Crippen LogP contribution in [-0.4, -0.2) is 19.5 Å². The minimum absolute atomic E-state index is 0.139. The summed E-state index contributed by atoms with van der Waals surface area (Å²) in [6.45, 7) is 1.84. The van der Waals surface area contributed by atoms with Gasteiger partial charge in [-0.3, -0.25) is 4.79 Å². The second kappa shape index (κ2) is 6.85. The number of aromatic amines is 1. The van der Waals surface area contributed by atoms with E-state index in [4.69, 9.17) is 11.6 Å². The molecule has 0 amide bonds. The Labute approximate surface area is 158 Å². The summed E-state index contributed by atoms with van der Waals surface area (Å²) in [6.07, 6.45) is 6.88. The van der Waals surface area contributed by atoms with Crippen LogP contribution in [0, 0.1) is 5.82 Å². The van der Waals surface area contributed by atoms with Gasteiger partial charge in [-0.1, -0.05) is 11.6 Å². The Morgan fingerprint density at radius 3 is 2.89 bits per heavy atom. The van der Waals surface area contributed by atoms with E-state index in [0.717, 1.165) is 5.69 Å². The van der Waals surface area contributed by atoms with Gasteiger partial charge in [0.2, 0.25) is 0 Å². The van der Waals surface area contributed by atoms with E-state index >= 15 is 0 Å². The number of hydrogen-bond acceptors (Lipinski definition) is 4. The van der Waals surface area contributed by atoms with Crippen LogP contribution in [0.2, 0.25) is 5.02 Å². The first-order valence-electron chi connectivity index (χ1n) is 8.24. The van der Waals surface area contributed by atoms with E-state index in [1.807, 2.05) is 29.8 Å². The van der Waals surface area contributed by atoms with Crippen molar-refractivity contribution in [3.63, 3.8) is 0 Å². The highest BCUT2D eigenvalue weighted by atomic mass is 35.5. The van der Waals surface area contributed by atoms with E-state index in [2.05, 4.69) is 20.3 Å². The van der Waals surface area contributed by atoms with Crippen LogP contribution < -0.4 is 10.9 Å². The number of rotatable bonds is 4. The Kier molecular flexibility index (Phi) is 4.37. The number of imidazole rings is 1. The average Bonchev–Trinajstić information content (AvgIpc) is 3.17. The fourth-order valence-electron chi connectivity index (χ4n) is 2.95. The number of pyridine rings is 2. The van der Waals surface area contributed by atoms with E-state index in [1.165, 1.54) is 6.07 Å². The molecule has 0 radical (unpaired) electrons. The van der Waals surface area contributed by atoms with Gasteiger partial charge in [0.05, 0.1) is 23.6 Å². The Balaban J connectivity index is 1.67. The Bertz CT molecular complexity index is 1170. The lowest BCUT2D eigenvalue weighted by Gasteiger charge is -2.16. The first kappa shape index (κ1) is 17.2. The summed E-state index contributed by atoms with van der Waals surface area (Å²) in [5.74, 6) is 0.0435. The van der Waals surface area contributed by atoms with Gasteiger partial charge in [-0.05, 0) is 31.2 Å². The zero-order chi connectivity index (χ0) is 19.0. The minimum Gasteiger partial charge on any atom is -0.363 e. The van der Waals surface area contributed by atoms with Gasteiger partial charge in [-0.2, -0.15) is 0 Å². The van der Waals surface area contributed by atoms with Crippen molar-refractivity contribution in [2.24, 2.45) is 0 Å². The third-order valence-electron chi connectivity index (χ3n) is 4.27. The molecule has 0 saturated heterocycles. The van der Waals surface area contributed by atoms with E-state index in [9.17, 15) is 9.18 Å². The second-order valence-corrected chi connectivity index (χ2v) is 6.58. The summed E-state index contributed by atoms with van der Waals surface area (Å²) in [7, 11) is 0. The topological polar surface area (TPSA) is 75.6 Å². The number of hydrogen-bond donors (Lipinski definition) is 2. The average molecular weight is 384 g/mol. The van der Waals surface area contributed by atoms with E-state index in [0.29, 0.717) is 16.8 Å². The smallest absolute Gasteiger partial charge is 0.253 e. The van der Waals surface area contributed by atoms with Gasteiger partial charge in [-0.25, -0.2) is 14.4 Å². The molecule has 3 aromatic heterocycles. The molecule has 4 aromatic rings. The highest BCUT2D eigenvalue weighted by molar-refractivity contribution is 6.31. The van der Waals surface area contributed by atoms with Gasteiger partial charge in [0.15, 0.2) is 0 Å². The van der Waals surface area contributed by atoms with Gasteiger partial charge in [0.25, 0.3) is 5.56 Å². The van der Waals surface area contributed by atoms with Gasteiger partial charge < -0.3 is 14.9 Å². The Morgan fingerprint density at radius 2 is 2.11 bits per heavy atom. The van der Waals surface area contributed by atoms with Crippen molar-refractivity contribution in [1.29, 1.82) is 0 Å². The van der Waals surface area contributed by atoms with Gasteiger partial charge in [-0.15, -0.1) is 0 Å². The van der Waals surface area contributed by atoms with Crippen LogP contribution in [0.5, 0.6) is 0 Å². The fraction of sp³-hybridized carbons (Fsp3) is 0.105. The van der Waals surface area contributed by atoms with E-state index in [-0.39, 0.29) is 22.1 Å². The SMILES string of the molecule is CC(Nc1cc(-n2ccnc2)ccn1)c1cc2cc(Cl)cc(F)c2[nH]c1=O. The van der Waals surface area contributed by atoms with Crippen molar-refractivity contribution in [1.82, 2.24) is 19.5 Å². The minimum atomic E-state index is -0.559. The second-order valence-electron chi connectivity index (χ2n) is 6.14. The molecule has 136 valence electrons. The number of anilines is 1. The molecule has 0 bridgehead atoms. The molecule has 4 rings (SSSR count). The fourth-order valence-corrected chi connectivity index (χ4v) is 3.16. The molecule has 0 spiro atoms. The molecule has 1 atom stereocenters. The van der Waals surface area contributed by atoms with Crippen molar-refractivity contribution in [2.75, 3.05) is 5.32 Å². The number of aromatic nitrogens is 4. The largest absolute Gasteiger partial charge is 0.363 e. The van der Waals surface area contributed by atoms with Gasteiger partial charge in [0, 0.05) is 40.6 Å². The lowest BCUT2D eigenvalue weighted by atomic mass is 10.1. The molecule has 8 heteroatoms. The molecule has 3 heterocycles. The maximum atomic E-state index is 14.0. The van der Waals surface area contributed by atoms with Crippen LogP contribution in [0.4, 0.5) is 10.2 Å². The van der Waals surface area contributed by atoms with Crippen LogP contribution in [0.1, 0.15) is 18.5 Å². The highest BCUT2D eigenvalue weighted by Gasteiger charge is 2.14. The molecular weight excluding hydrogens is 369 g/mol. The molecule has 27 heavy (non-hydrogen) atoms. The standard InChI is InChI=1S/C19H15ClFN5O/c1-11(24-17-9-14(2-3-23-17)26-5-4-22-10-26)15-7-12-6-13(20)8-16(21)18(12)25-19(15)27/h2-11H,1H3,(H,23,24)(H,25,27). The lowest BCUT2D eigenvalue weighted by molar-refractivity contribution is 0.636. The third kappa shape index (κ3) is 3.41. The van der Waals surface area contributed by atoms with Crippen LogP contribution in [-0.2, 0) is 0 Å². The Hall–Kier alpha value is -3.19. The quantitative estimate of drug-likeness (QED) is 0.557. The van der Waals surface area contributed by atoms with Gasteiger partial charge >= 0.3 is 0 Å². The van der Waals surface area contributed by atoms with Crippen molar-refractivity contribution >= 4 is 28.3 Å². The predicted molar refractivity (Wildman–Crippen MR) is 103 cm³/mol. The number of benzene rings is 1. The number of nitrogens with zero attached hydrogens (tertiary/aromatic N) is 3. The Morgan fingerprint density at radius 1 is 1.26 bits per heavy atom. The summed E-state index contributed by atoms with van der Waals surface area (Å²) in [6, 6.07) is 7.78. The summed E-state index contributed by atoms with van der Waals surface area (Å²) in [4.78, 5) is 23.3. The molecule has 0 aliphatic carbocycles. The van der Waals surface area contributed by atoms with E-state index in [1.54, 1.807) is 30.9 Å². The van der Waals surface area contributed by atoms with Crippen LogP contribution in [0.15, 0.2) is 60.0 Å². The maximum Gasteiger partial charge on any atom is 0.253 e. The summed E-state index contributed by atoms with van der Waals surface area (Å²) in [5.41, 5.74) is 1.12. The van der Waals surface area contributed by atoms with Gasteiger partial charge in [0.1, 0.15) is 11.6 Å². The molecule has 6 nitrogen and oxygen atoms in total. The van der Waals surface area contributed by atoms with Crippen molar-refractivity contribution in [3.8, 4) is 5.69 Å². The van der Waals surface area contributed by atoms with Crippen LogP contribution >= 0.6 is 11.6 Å². The molecule has 0 saturated carbocycles. The van der Waals surface area contributed by atoms with Crippen LogP contribution in [0.25, 0.3) is 16.6 Å². The first-order chi connectivity index (χ1) is 13.0. The molecule has 2 N–H and O–H groups in total. The molecule has 1 unspecified atom stereocenters. The number of fused-ring (bicyclic) bond motifs is 1. The number of H-pyrrole nitrogens is 1. The predicted octanol–water partition coefficient (Wildman–Crippen LogP) is 4.07. The molecular formula is C19H15ClFN5O. The molecule has 1 aromatic carbocycles. The molecule has 0 aliphatic rings. The summed E-state index contributed by atoms with van der Waals surface area (Å²) < 4.78 is 15.9. The van der Waals surface area contributed by atoms with Crippen molar-refractivity contribution < 1.29 is 4.39 Å². The third-order valence-corrected chi connectivity index (χ3v) is 4.49.